The quantitative estimate of drug-likeness (QED) is 0.556. The van der Waals surface area contributed by atoms with Crippen LogP contribution in [-0.4, -0.2) is 34.7 Å². The first-order valence-corrected chi connectivity index (χ1v) is 10.9. The Kier molecular flexibility index (Phi) is 4.42. The number of halogens is 2. The highest BCUT2D eigenvalue weighted by molar-refractivity contribution is 7.12. The first-order chi connectivity index (χ1) is 14.0. The van der Waals surface area contributed by atoms with E-state index < -0.39 is 5.66 Å². The number of carbonyl (C=O) groups is 2. The van der Waals surface area contributed by atoms with E-state index in [4.69, 9.17) is 23.2 Å². The third kappa shape index (κ3) is 2.72. The Morgan fingerprint density at radius 2 is 1.76 bits per heavy atom. The minimum Gasteiger partial charge on any atom is -0.309 e. The molecule has 0 spiro atoms. The molecule has 2 aliphatic heterocycles. The molecule has 1 aromatic heterocycles. The molecule has 0 saturated carbocycles. The van der Waals surface area contributed by atoms with Gasteiger partial charge in [-0.05, 0) is 40.8 Å². The molecule has 5 rings (SSSR count). The van der Waals surface area contributed by atoms with Gasteiger partial charge in [0.1, 0.15) is 10.5 Å². The van der Waals surface area contributed by atoms with Crippen molar-refractivity contribution in [1.82, 2.24) is 9.80 Å². The summed E-state index contributed by atoms with van der Waals surface area (Å²) < 4.78 is 0. The SMILES string of the molecule is O=C1c2ccccc2CC2(c3ccc(Cl)cc3)N1CCN2C(=O)c1sccc1Cl. The van der Waals surface area contributed by atoms with Crippen LogP contribution in [0.2, 0.25) is 10.0 Å². The molecule has 2 amide bonds. The molecule has 0 bridgehead atoms. The van der Waals surface area contributed by atoms with E-state index >= 15 is 0 Å². The van der Waals surface area contributed by atoms with E-state index in [2.05, 4.69) is 0 Å². The molecule has 3 aromatic rings. The Morgan fingerprint density at radius 1 is 1.00 bits per heavy atom. The standard InChI is InChI=1S/C22H16Cl2N2O2S/c23-16-7-5-15(6-8-16)22-13-14-3-1-2-4-17(14)20(27)25(22)10-11-26(22)21(28)19-18(24)9-12-29-19/h1-9,12H,10-11,13H2. The van der Waals surface area contributed by atoms with E-state index in [0.717, 1.165) is 11.1 Å². The topological polar surface area (TPSA) is 40.6 Å². The van der Waals surface area contributed by atoms with Crippen molar-refractivity contribution < 1.29 is 9.59 Å². The van der Waals surface area contributed by atoms with Crippen LogP contribution in [0.25, 0.3) is 0 Å². The van der Waals surface area contributed by atoms with Gasteiger partial charge in [-0.15, -0.1) is 11.3 Å². The summed E-state index contributed by atoms with van der Waals surface area (Å²) >= 11 is 13.7. The average molecular weight is 443 g/mol. The van der Waals surface area contributed by atoms with Crippen molar-refractivity contribution >= 4 is 46.4 Å². The van der Waals surface area contributed by atoms with Crippen molar-refractivity contribution in [3.63, 3.8) is 0 Å². The molecule has 29 heavy (non-hydrogen) atoms. The molecule has 2 aromatic carbocycles. The van der Waals surface area contributed by atoms with Crippen LogP contribution in [0, 0.1) is 0 Å². The highest BCUT2D eigenvalue weighted by atomic mass is 35.5. The van der Waals surface area contributed by atoms with E-state index in [1.165, 1.54) is 11.3 Å². The summed E-state index contributed by atoms with van der Waals surface area (Å²) in [5.74, 6) is -0.219. The lowest BCUT2D eigenvalue weighted by molar-refractivity contribution is 0.00799. The van der Waals surface area contributed by atoms with Crippen molar-refractivity contribution in [3.05, 3.63) is 91.6 Å². The number of carbonyl (C=O) groups excluding carboxylic acids is 2. The minimum atomic E-state index is -0.902. The molecule has 3 heterocycles. The second-order valence-corrected chi connectivity index (χ2v) is 8.93. The van der Waals surface area contributed by atoms with Gasteiger partial charge < -0.3 is 9.80 Å². The number of thiophene rings is 1. The summed E-state index contributed by atoms with van der Waals surface area (Å²) in [6.07, 6.45) is 0.519. The Labute approximate surface area is 182 Å². The Morgan fingerprint density at radius 3 is 2.48 bits per heavy atom. The van der Waals surface area contributed by atoms with E-state index in [1.54, 1.807) is 28.5 Å². The summed E-state index contributed by atoms with van der Waals surface area (Å²) in [5, 5.41) is 2.85. The third-order valence-corrected chi connectivity index (χ3v) is 7.31. The normalized spacial score (nSPS) is 20.6. The second-order valence-electron chi connectivity index (χ2n) is 7.17. The van der Waals surface area contributed by atoms with Crippen LogP contribution in [0.4, 0.5) is 0 Å². The lowest BCUT2D eigenvalue weighted by atomic mass is 9.83. The highest BCUT2D eigenvalue weighted by Gasteiger charge is 2.55. The zero-order valence-electron chi connectivity index (χ0n) is 15.3. The predicted molar refractivity (Wildman–Crippen MR) is 115 cm³/mol. The van der Waals surface area contributed by atoms with Gasteiger partial charge in [0, 0.05) is 30.1 Å². The van der Waals surface area contributed by atoms with Crippen molar-refractivity contribution in [3.8, 4) is 0 Å². The lowest BCUT2D eigenvalue weighted by Crippen LogP contribution is -2.58. The predicted octanol–water partition coefficient (Wildman–Crippen LogP) is 5.06. The molecule has 1 fully saturated rings. The zero-order valence-corrected chi connectivity index (χ0v) is 17.6. The van der Waals surface area contributed by atoms with Gasteiger partial charge in [-0.2, -0.15) is 0 Å². The molecule has 2 aliphatic rings. The third-order valence-electron chi connectivity index (χ3n) is 5.73. The second kappa shape index (κ2) is 6.87. The molecule has 0 N–H and O–H groups in total. The molecule has 0 aliphatic carbocycles. The monoisotopic (exact) mass is 442 g/mol. The van der Waals surface area contributed by atoms with Gasteiger partial charge in [0.2, 0.25) is 0 Å². The smallest absolute Gasteiger partial charge is 0.267 e. The number of amides is 2. The van der Waals surface area contributed by atoms with Gasteiger partial charge >= 0.3 is 0 Å². The van der Waals surface area contributed by atoms with Crippen molar-refractivity contribution in [2.45, 2.75) is 12.1 Å². The average Bonchev–Trinajstić information content (AvgIpc) is 3.33. The number of rotatable bonds is 2. The molecule has 1 unspecified atom stereocenters. The van der Waals surface area contributed by atoms with Gasteiger partial charge in [-0.1, -0.05) is 53.5 Å². The van der Waals surface area contributed by atoms with Crippen molar-refractivity contribution in [2.24, 2.45) is 0 Å². The van der Waals surface area contributed by atoms with Gasteiger partial charge in [0.05, 0.1) is 5.02 Å². The maximum Gasteiger partial charge on any atom is 0.267 e. The first kappa shape index (κ1) is 18.7. The molecule has 1 atom stereocenters. The summed E-state index contributed by atoms with van der Waals surface area (Å²) in [7, 11) is 0. The fourth-order valence-electron chi connectivity index (χ4n) is 4.44. The maximum absolute atomic E-state index is 13.5. The fraction of sp³-hybridized carbons (Fsp3) is 0.182. The van der Waals surface area contributed by atoms with Gasteiger partial charge in [-0.25, -0.2) is 0 Å². The van der Waals surface area contributed by atoms with Crippen LogP contribution in [0.3, 0.4) is 0 Å². The Balaban J connectivity index is 1.71. The van der Waals surface area contributed by atoms with Gasteiger partial charge in [0.15, 0.2) is 0 Å². The molecular weight excluding hydrogens is 427 g/mol. The van der Waals surface area contributed by atoms with Gasteiger partial charge in [0.25, 0.3) is 11.8 Å². The van der Waals surface area contributed by atoms with E-state index in [-0.39, 0.29) is 11.8 Å². The van der Waals surface area contributed by atoms with E-state index in [0.29, 0.717) is 40.0 Å². The lowest BCUT2D eigenvalue weighted by Gasteiger charge is -2.47. The maximum atomic E-state index is 13.5. The minimum absolute atomic E-state index is 0.0608. The summed E-state index contributed by atoms with van der Waals surface area (Å²) in [6.45, 7) is 0.903. The van der Waals surface area contributed by atoms with E-state index in [9.17, 15) is 9.59 Å². The van der Waals surface area contributed by atoms with Gasteiger partial charge in [-0.3, -0.25) is 9.59 Å². The molecule has 7 heteroatoms. The molecular formula is C22H16Cl2N2O2S. The van der Waals surface area contributed by atoms with Crippen LogP contribution >= 0.6 is 34.5 Å². The van der Waals surface area contributed by atoms with Crippen LogP contribution in [0.1, 0.15) is 31.2 Å². The Hall–Kier alpha value is -2.34. The number of hydrogen-bond donors (Lipinski definition) is 0. The largest absolute Gasteiger partial charge is 0.309 e. The fourth-order valence-corrected chi connectivity index (χ4v) is 5.65. The van der Waals surface area contributed by atoms with Crippen LogP contribution < -0.4 is 0 Å². The van der Waals surface area contributed by atoms with E-state index in [1.807, 2.05) is 41.3 Å². The Bertz CT molecular complexity index is 1130. The van der Waals surface area contributed by atoms with Crippen LogP contribution in [0.5, 0.6) is 0 Å². The molecule has 146 valence electrons. The number of benzene rings is 2. The van der Waals surface area contributed by atoms with Crippen molar-refractivity contribution in [2.75, 3.05) is 13.1 Å². The summed E-state index contributed by atoms with van der Waals surface area (Å²) in [4.78, 5) is 31.0. The highest BCUT2D eigenvalue weighted by Crippen LogP contribution is 2.46. The number of nitrogens with zero attached hydrogens (tertiary/aromatic N) is 2. The molecule has 1 saturated heterocycles. The summed E-state index contributed by atoms with van der Waals surface area (Å²) in [6, 6.07) is 16.7. The van der Waals surface area contributed by atoms with Crippen LogP contribution in [-0.2, 0) is 12.1 Å². The zero-order chi connectivity index (χ0) is 20.2. The molecule has 4 nitrogen and oxygen atoms in total. The summed E-state index contributed by atoms with van der Waals surface area (Å²) in [5.41, 5.74) is 1.59. The van der Waals surface area contributed by atoms with Crippen LogP contribution in [0.15, 0.2) is 60.0 Å². The molecule has 0 radical (unpaired) electrons. The first-order valence-electron chi connectivity index (χ1n) is 9.23. The van der Waals surface area contributed by atoms with Crippen molar-refractivity contribution in [1.29, 1.82) is 0 Å². The number of hydrogen-bond acceptors (Lipinski definition) is 3. The number of fused-ring (bicyclic) bond motifs is 2.